The largest absolute Gasteiger partial charge is 0.452 e. The van der Waals surface area contributed by atoms with Gasteiger partial charge in [0.15, 0.2) is 6.61 Å². The Hall–Kier alpha value is -2.57. The van der Waals surface area contributed by atoms with Gasteiger partial charge in [-0.1, -0.05) is 19.9 Å². The van der Waals surface area contributed by atoms with Crippen LogP contribution in [0.4, 0.5) is 10.5 Å². The smallest absolute Gasteiger partial charge is 0.338 e. The molecular weight excluding hydrogens is 298 g/mol. The molecule has 0 heterocycles. The first-order valence-electron chi connectivity index (χ1n) is 7.35. The molecule has 7 heteroatoms. The van der Waals surface area contributed by atoms with Crippen LogP contribution in [-0.4, -0.2) is 30.6 Å². The monoisotopic (exact) mass is 321 g/mol. The van der Waals surface area contributed by atoms with Crippen LogP contribution >= 0.6 is 0 Å². The summed E-state index contributed by atoms with van der Waals surface area (Å²) in [7, 11) is 0. The first kappa shape index (κ1) is 18.5. The van der Waals surface area contributed by atoms with Crippen molar-refractivity contribution in [2.45, 2.75) is 33.7 Å². The Morgan fingerprint density at radius 3 is 2.43 bits per heavy atom. The highest BCUT2D eigenvalue weighted by atomic mass is 16.5. The fraction of sp³-hybridized carbons (Fsp3) is 0.438. The number of hydrogen-bond acceptors (Lipinski definition) is 5. The van der Waals surface area contributed by atoms with Crippen LogP contribution in [0.5, 0.6) is 0 Å². The molecule has 0 fully saturated rings. The fourth-order valence-electron chi connectivity index (χ4n) is 1.81. The second kappa shape index (κ2) is 8.17. The maximum Gasteiger partial charge on any atom is 0.338 e. The van der Waals surface area contributed by atoms with Crippen LogP contribution < -0.4 is 16.4 Å². The molecule has 0 aliphatic rings. The summed E-state index contributed by atoms with van der Waals surface area (Å²) in [6.07, 6.45) is 0. The molecule has 0 radical (unpaired) electrons. The van der Waals surface area contributed by atoms with Crippen molar-refractivity contribution in [1.82, 2.24) is 5.32 Å². The first-order chi connectivity index (χ1) is 10.7. The van der Waals surface area contributed by atoms with Crippen LogP contribution in [0.2, 0.25) is 0 Å². The van der Waals surface area contributed by atoms with Crippen LogP contribution in [0.25, 0.3) is 0 Å². The molecule has 0 aliphatic heterocycles. The number of imide groups is 1. The Bertz CT molecular complexity index is 599. The maximum absolute atomic E-state index is 12.1. The summed E-state index contributed by atoms with van der Waals surface area (Å²) in [5.41, 5.74) is 6.74. The van der Waals surface area contributed by atoms with E-state index >= 15 is 0 Å². The summed E-state index contributed by atoms with van der Waals surface area (Å²) < 4.78 is 4.89. The zero-order chi connectivity index (χ0) is 17.6. The number of hydrogen-bond donors (Lipinski definition) is 3. The van der Waals surface area contributed by atoms with E-state index in [0.717, 1.165) is 11.3 Å². The number of carbonyl (C=O) groups excluding carboxylic acids is 3. The second-order valence-electron chi connectivity index (χ2n) is 5.64. The Morgan fingerprint density at radius 1 is 1.22 bits per heavy atom. The summed E-state index contributed by atoms with van der Waals surface area (Å²) >= 11 is 0. The molecule has 1 atom stereocenters. The average molecular weight is 321 g/mol. The highest BCUT2D eigenvalue weighted by Gasteiger charge is 2.16. The van der Waals surface area contributed by atoms with E-state index in [4.69, 9.17) is 10.5 Å². The molecule has 7 nitrogen and oxygen atoms in total. The average Bonchev–Trinajstić information content (AvgIpc) is 2.46. The molecule has 0 aliphatic carbocycles. The highest BCUT2D eigenvalue weighted by molar-refractivity contribution is 5.97. The number of rotatable bonds is 6. The zero-order valence-electron chi connectivity index (χ0n) is 13.8. The number of urea groups is 1. The number of carbonyl (C=O) groups is 3. The van der Waals surface area contributed by atoms with Crippen LogP contribution in [0.3, 0.4) is 0 Å². The van der Waals surface area contributed by atoms with Crippen molar-refractivity contribution >= 4 is 23.6 Å². The van der Waals surface area contributed by atoms with Gasteiger partial charge in [-0.2, -0.15) is 0 Å². The van der Waals surface area contributed by atoms with E-state index in [-0.39, 0.29) is 6.04 Å². The minimum atomic E-state index is -0.990. The Labute approximate surface area is 135 Å². The van der Waals surface area contributed by atoms with E-state index in [1.165, 1.54) is 0 Å². The number of primary amides is 1. The quantitative estimate of drug-likeness (QED) is 0.692. The van der Waals surface area contributed by atoms with Gasteiger partial charge in [-0.25, -0.2) is 9.59 Å². The van der Waals surface area contributed by atoms with E-state index in [9.17, 15) is 14.4 Å². The second-order valence-corrected chi connectivity index (χ2v) is 5.64. The Morgan fingerprint density at radius 2 is 1.87 bits per heavy atom. The van der Waals surface area contributed by atoms with Gasteiger partial charge >= 0.3 is 12.0 Å². The van der Waals surface area contributed by atoms with Crippen molar-refractivity contribution in [3.05, 3.63) is 29.3 Å². The number of ether oxygens (including phenoxy) is 1. The Kier molecular flexibility index (Phi) is 6.56. The topological polar surface area (TPSA) is 111 Å². The Balaban J connectivity index is 2.78. The van der Waals surface area contributed by atoms with Gasteiger partial charge < -0.3 is 15.8 Å². The van der Waals surface area contributed by atoms with E-state index in [1.807, 2.05) is 11.4 Å². The molecule has 4 N–H and O–H groups in total. The molecule has 0 saturated heterocycles. The van der Waals surface area contributed by atoms with E-state index in [2.05, 4.69) is 26.1 Å². The molecule has 1 aromatic rings. The third kappa shape index (κ3) is 5.61. The highest BCUT2D eigenvalue weighted by Crippen LogP contribution is 2.21. The SMILES string of the molecule is Cc1c(NC(C)C(C)C)cccc1C(=O)OCC(=O)NC(N)=O. The summed E-state index contributed by atoms with van der Waals surface area (Å²) in [6, 6.07) is 4.49. The van der Waals surface area contributed by atoms with Gasteiger partial charge in [0.05, 0.1) is 5.56 Å². The zero-order valence-corrected chi connectivity index (χ0v) is 13.8. The lowest BCUT2D eigenvalue weighted by Gasteiger charge is -2.21. The van der Waals surface area contributed by atoms with Gasteiger partial charge in [-0.15, -0.1) is 0 Å². The number of amides is 3. The van der Waals surface area contributed by atoms with Crippen molar-refractivity contribution in [3.8, 4) is 0 Å². The van der Waals surface area contributed by atoms with Crippen LogP contribution in [0.15, 0.2) is 18.2 Å². The van der Waals surface area contributed by atoms with Crippen molar-refractivity contribution in [3.63, 3.8) is 0 Å². The van der Waals surface area contributed by atoms with Gasteiger partial charge in [-0.05, 0) is 37.5 Å². The number of nitrogens with two attached hydrogens (primary N) is 1. The predicted molar refractivity (Wildman–Crippen MR) is 87.1 cm³/mol. The van der Waals surface area contributed by atoms with Gasteiger partial charge in [0, 0.05) is 11.7 Å². The van der Waals surface area contributed by atoms with Crippen LogP contribution in [-0.2, 0) is 9.53 Å². The molecule has 1 aromatic carbocycles. The lowest BCUT2D eigenvalue weighted by molar-refractivity contribution is -0.123. The molecule has 126 valence electrons. The number of anilines is 1. The predicted octanol–water partition coefficient (Wildman–Crippen LogP) is 1.80. The minimum Gasteiger partial charge on any atom is -0.452 e. The minimum absolute atomic E-state index is 0.237. The lowest BCUT2D eigenvalue weighted by atomic mass is 10.0. The third-order valence-corrected chi connectivity index (χ3v) is 3.53. The molecule has 23 heavy (non-hydrogen) atoms. The third-order valence-electron chi connectivity index (χ3n) is 3.53. The van der Waals surface area contributed by atoms with Crippen LogP contribution in [0, 0.1) is 12.8 Å². The number of esters is 1. The fourth-order valence-corrected chi connectivity index (χ4v) is 1.81. The van der Waals surface area contributed by atoms with Crippen LogP contribution in [0.1, 0.15) is 36.7 Å². The molecule has 0 saturated carbocycles. The summed E-state index contributed by atoms with van der Waals surface area (Å²) in [5, 5.41) is 5.17. The van der Waals surface area contributed by atoms with Gasteiger partial charge in [-0.3, -0.25) is 10.1 Å². The van der Waals surface area contributed by atoms with Gasteiger partial charge in [0.1, 0.15) is 0 Å². The van der Waals surface area contributed by atoms with E-state index < -0.39 is 24.5 Å². The normalized spacial score (nSPS) is 11.7. The molecule has 0 spiro atoms. The van der Waals surface area contributed by atoms with Crippen molar-refractivity contribution < 1.29 is 19.1 Å². The summed E-state index contributed by atoms with van der Waals surface area (Å²) in [6.45, 7) is 7.49. The van der Waals surface area contributed by atoms with Gasteiger partial charge in [0.2, 0.25) is 0 Å². The lowest BCUT2D eigenvalue weighted by Crippen LogP contribution is -2.37. The molecule has 1 unspecified atom stereocenters. The molecule has 0 aromatic heterocycles. The summed E-state index contributed by atoms with van der Waals surface area (Å²) in [5.74, 6) is -0.975. The molecule has 3 amide bonds. The molecule has 1 rings (SSSR count). The van der Waals surface area contributed by atoms with Crippen molar-refractivity contribution in [2.75, 3.05) is 11.9 Å². The van der Waals surface area contributed by atoms with Crippen molar-refractivity contribution in [2.24, 2.45) is 11.7 Å². The van der Waals surface area contributed by atoms with E-state index in [1.54, 1.807) is 19.1 Å². The maximum atomic E-state index is 12.1. The molecule has 0 bridgehead atoms. The van der Waals surface area contributed by atoms with Gasteiger partial charge in [0.25, 0.3) is 5.91 Å². The van der Waals surface area contributed by atoms with Crippen molar-refractivity contribution in [1.29, 1.82) is 0 Å². The number of nitrogens with one attached hydrogen (secondary N) is 2. The van der Waals surface area contributed by atoms with E-state index in [0.29, 0.717) is 11.5 Å². The number of benzene rings is 1. The summed E-state index contributed by atoms with van der Waals surface area (Å²) in [4.78, 5) is 33.9. The molecular formula is C16H23N3O4. The standard InChI is InChI=1S/C16H23N3O4/c1-9(2)11(4)18-13-7-5-6-12(10(13)3)15(21)23-8-14(20)19-16(17)22/h5-7,9,11,18H,8H2,1-4H3,(H3,17,19,20,22). The first-order valence-corrected chi connectivity index (χ1v) is 7.35.